The molecule has 0 unspecified atom stereocenters. The van der Waals surface area contributed by atoms with Crippen LogP contribution < -0.4 is 9.64 Å². The van der Waals surface area contributed by atoms with Crippen LogP contribution in [0.3, 0.4) is 0 Å². The van der Waals surface area contributed by atoms with Gasteiger partial charge in [0.05, 0.1) is 12.8 Å². The zero-order chi connectivity index (χ0) is 25.7. The number of carbonyl (C=O) groups is 2. The predicted molar refractivity (Wildman–Crippen MR) is 143 cm³/mol. The van der Waals surface area contributed by atoms with Gasteiger partial charge in [0.1, 0.15) is 22.4 Å². The molecule has 7 nitrogen and oxygen atoms in total. The SMILES string of the molecule is CCCC(=O)N1CCN(C(=O)C(C#N)=C2SC=C(c3ccc(C)cc3)N2c2ccc(OC)cc2)CC1. The molecule has 2 aliphatic rings. The molecule has 2 amide bonds. The lowest BCUT2D eigenvalue weighted by molar-refractivity contribution is -0.137. The number of nitrogens with zero attached hydrogens (tertiary/aromatic N) is 4. The van der Waals surface area contributed by atoms with E-state index in [-0.39, 0.29) is 17.4 Å². The predicted octanol–water partition coefficient (Wildman–Crippen LogP) is 4.76. The van der Waals surface area contributed by atoms with Crippen molar-refractivity contribution in [2.24, 2.45) is 0 Å². The Labute approximate surface area is 216 Å². The van der Waals surface area contributed by atoms with Gasteiger partial charge in [-0.1, -0.05) is 48.5 Å². The lowest BCUT2D eigenvalue weighted by Crippen LogP contribution is -2.51. The third-order valence-corrected chi connectivity index (χ3v) is 7.28. The second-order valence-electron chi connectivity index (χ2n) is 8.74. The van der Waals surface area contributed by atoms with E-state index in [1.165, 1.54) is 11.8 Å². The summed E-state index contributed by atoms with van der Waals surface area (Å²) < 4.78 is 5.32. The van der Waals surface area contributed by atoms with E-state index < -0.39 is 0 Å². The summed E-state index contributed by atoms with van der Waals surface area (Å²) in [6.07, 6.45) is 1.32. The molecule has 2 heterocycles. The number of ether oxygens (including phenoxy) is 1. The number of methoxy groups -OCH3 is 1. The standard InChI is InChI=1S/C28H30N4O3S/c1-4-5-26(33)30-14-16-31(17-15-30)27(34)24(18-29)28-32(22-10-12-23(35-3)13-11-22)25(19-36-28)21-8-6-20(2)7-9-21/h6-13,19H,4-5,14-17H2,1-3H3. The van der Waals surface area contributed by atoms with Crippen LogP contribution in [-0.2, 0) is 9.59 Å². The smallest absolute Gasteiger partial charge is 0.267 e. The molecule has 8 heteroatoms. The molecule has 0 aromatic heterocycles. The molecule has 2 aliphatic heterocycles. The number of hydrogen-bond donors (Lipinski definition) is 0. The minimum absolute atomic E-state index is 0.0996. The molecule has 0 saturated carbocycles. The van der Waals surface area contributed by atoms with Crippen molar-refractivity contribution in [1.82, 2.24) is 9.80 Å². The van der Waals surface area contributed by atoms with Gasteiger partial charge in [-0.2, -0.15) is 5.26 Å². The number of benzene rings is 2. The van der Waals surface area contributed by atoms with E-state index in [1.807, 2.05) is 72.7 Å². The van der Waals surface area contributed by atoms with Gasteiger partial charge >= 0.3 is 0 Å². The number of aryl methyl sites for hydroxylation is 1. The fraction of sp³-hybridized carbons (Fsp3) is 0.321. The molecular weight excluding hydrogens is 472 g/mol. The molecule has 0 bridgehead atoms. The quantitative estimate of drug-likeness (QED) is 0.419. The van der Waals surface area contributed by atoms with Crippen molar-refractivity contribution >= 4 is 35.0 Å². The van der Waals surface area contributed by atoms with Crippen LogP contribution in [0.1, 0.15) is 30.9 Å². The Morgan fingerprint density at radius 3 is 2.22 bits per heavy atom. The Bertz CT molecular complexity index is 1220. The Morgan fingerprint density at radius 1 is 1.00 bits per heavy atom. The van der Waals surface area contributed by atoms with Crippen LogP contribution in [0.2, 0.25) is 0 Å². The van der Waals surface area contributed by atoms with Gasteiger partial charge in [0, 0.05) is 43.7 Å². The summed E-state index contributed by atoms with van der Waals surface area (Å²) in [4.78, 5) is 31.2. The van der Waals surface area contributed by atoms with E-state index in [0.29, 0.717) is 37.6 Å². The Morgan fingerprint density at radius 2 is 1.64 bits per heavy atom. The first-order valence-corrected chi connectivity index (χ1v) is 12.9. The van der Waals surface area contributed by atoms with Crippen LogP contribution in [0.15, 0.2) is 64.5 Å². The Kier molecular flexibility index (Phi) is 8.01. The molecule has 36 heavy (non-hydrogen) atoms. The maximum absolute atomic E-state index is 13.5. The van der Waals surface area contributed by atoms with Crippen molar-refractivity contribution in [3.8, 4) is 11.8 Å². The second kappa shape index (κ2) is 11.4. The monoisotopic (exact) mass is 502 g/mol. The first-order chi connectivity index (χ1) is 17.5. The first kappa shape index (κ1) is 25.4. The summed E-state index contributed by atoms with van der Waals surface area (Å²) in [5, 5.41) is 12.7. The van der Waals surface area contributed by atoms with Gasteiger partial charge in [-0.25, -0.2) is 0 Å². The maximum atomic E-state index is 13.5. The molecular formula is C28H30N4O3S. The van der Waals surface area contributed by atoms with Crippen molar-refractivity contribution in [1.29, 1.82) is 5.26 Å². The Balaban J connectivity index is 1.66. The summed E-state index contributed by atoms with van der Waals surface area (Å²) >= 11 is 1.38. The Hall–Kier alpha value is -3.70. The summed E-state index contributed by atoms with van der Waals surface area (Å²) in [7, 11) is 1.62. The van der Waals surface area contributed by atoms with E-state index >= 15 is 0 Å². The largest absolute Gasteiger partial charge is 0.497 e. The van der Waals surface area contributed by atoms with Crippen LogP contribution >= 0.6 is 11.8 Å². The first-order valence-electron chi connectivity index (χ1n) is 12.1. The van der Waals surface area contributed by atoms with Crippen LogP contribution in [0, 0.1) is 18.3 Å². The van der Waals surface area contributed by atoms with Crippen LogP contribution in [0.5, 0.6) is 5.75 Å². The molecule has 1 saturated heterocycles. The number of amides is 2. The lowest BCUT2D eigenvalue weighted by atomic mass is 10.1. The van der Waals surface area contributed by atoms with Crippen molar-refractivity contribution in [3.63, 3.8) is 0 Å². The zero-order valence-electron chi connectivity index (χ0n) is 20.9. The summed E-state index contributed by atoms with van der Waals surface area (Å²) in [6.45, 7) is 5.82. The molecule has 0 spiro atoms. The fourth-order valence-corrected chi connectivity index (χ4v) is 5.31. The van der Waals surface area contributed by atoms with E-state index in [1.54, 1.807) is 16.9 Å². The van der Waals surface area contributed by atoms with E-state index in [9.17, 15) is 14.9 Å². The van der Waals surface area contributed by atoms with Gasteiger partial charge in [-0.05, 0) is 43.2 Å². The second-order valence-corrected chi connectivity index (χ2v) is 9.59. The zero-order valence-corrected chi connectivity index (χ0v) is 21.7. The number of rotatable bonds is 6. The maximum Gasteiger partial charge on any atom is 0.267 e. The average molecular weight is 503 g/mol. The minimum Gasteiger partial charge on any atom is -0.497 e. The van der Waals surface area contributed by atoms with Crippen LogP contribution in [-0.4, -0.2) is 54.9 Å². The molecule has 2 aromatic carbocycles. The number of thioether (sulfide) groups is 1. The van der Waals surface area contributed by atoms with E-state index in [0.717, 1.165) is 34.7 Å². The lowest BCUT2D eigenvalue weighted by Gasteiger charge is -2.35. The van der Waals surface area contributed by atoms with Gasteiger partial charge in [0.2, 0.25) is 5.91 Å². The molecule has 0 radical (unpaired) electrons. The van der Waals surface area contributed by atoms with Gasteiger partial charge in [0.25, 0.3) is 5.91 Å². The van der Waals surface area contributed by atoms with E-state index in [2.05, 4.69) is 6.07 Å². The van der Waals surface area contributed by atoms with Crippen molar-refractivity contribution < 1.29 is 14.3 Å². The molecule has 2 aromatic rings. The van der Waals surface area contributed by atoms with Crippen molar-refractivity contribution in [2.45, 2.75) is 26.7 Å². The number of piperazine rings is 1. The third-order valence-electron chi connectivity index (χ3n) is 6.33. The van der Waals surface area contributed by atoms with Gasteiger partial charge in [-0.3, -0.25) is 9.59 Å². The average Bonchev–Trinajstić information content (AvgIpc) is 3.34. The van der Waals surface area contributed by atoms with E-state index in [4.69, 9.17) is 4.74 Å². The molecule has 4 rings (SSSR count). The summed E-state index contributed by atoms with van der Waals surface area (Å²) in [5.41, 5.74) is 3.98. The number of anilines is 1. The molecule has 0 aliphatic carbocycles. The highest BCUT2D eigenvalue weighted by atomic mass is 32.2. The third kappa shape index (κ3) is 5.26. The van der Waals surface area contributed by atoms with Crippen LogP contribution in [0.25, 0.3) is 5.70 Å². The van der Waals surface area contributed by atoms with Gasteiger partial charge in [-0.15, -0.1) is 0 Å². The normalized spacial score (nSPS) is 16.9. The highest BCUT2D eigenvalue weighted by Crippen LogP contribution is 2.45. The fourth-order valence-electron chi connectivity index (χ4n) is 4.28. The topological polar surface area (TPSA) is 76.9 Å². The molecule has 0 atom stereocenters. The molecule has 0 N–H and O–H groups in total. The number of nitriles is 1. The summed E-state index contributed by atoms with van der Waals surface area (Å²) in [5.74, 6) is 0.538. The number of carbonyl (C=O) groups excluding carboxylic acids is 2. The molecule has 1 fully saturated rings. The highest BCUT2D eigenvalue weighted by molar-refractivity contribution is 8.06. The highest BCUT2D eigenvalue weighted by Gasteiger charge is 2.33. The van der Waals surface area contributed by atoms with Crippen molar-refractivity contribution in [3.05, 3.63) is 75.7 Å². The van der Waals surface area contributed by atoms with Gasteiger partial charge < -0.3 is 19.4 Å². The minimum atomic E-state index is -0.306. The van der Waals surface area contributed by atoms with Crippen molar-refractivity contribution in [2.75, 3.05) is 38.2 Å². The van der Waals surface area contributed by atoms with Gasteiger partial charge in [0.15, 0.2) is 0 Å². The van der Waals surface area contributed by atoms with Crippen LogP contribution in [0.4, 0.5) is 5.69 Å². The summed E-state index contributed by atoms with van der Waals surface area (Å²) in [6, 6.07) is 17.9. The molecule has 186 valence electrons. The number of hydrogen-bond acceptors (Lipinski definition) is 6.